The van der Waals surface area contributed by atoms with Crippen LogP contribution in [-0.2, 0) is 20.6 Å². The van der Waals surface area contributed by atoms with Gasteiger partial charge in [-0.05, 0) is 11.6 Å². The summed E-state index contributed by atoms with van der Waals surface area (Å²) in [7, 11) is 2.63. The van der Waals surface area contributed by atoms with Crippen molar-refractivity contribution >= 4 is 33.2 Å². The lowest BCUT2D eigenvalue weighted by Gasteiger charge is -2.11. The van der Waals surface area contributed by atoms with Gasteiger partial charge in [0.2, 0.25) is 0 Å². The van der Waals surface area contributed by atoms with Crippen LogP contribution in [0.1, 0.15) is 10.4 Å². The van der Waals surface area contributed by atoms with Gasteiger partial charge in [0.1, 0.15) is 16.2 Å². The van der Waals surface area contributed by atoms with Crippen molar-refractivity contribution in [3.8, 4) is 10.4 Å². The molecule has 0 amide bonds. The highest BCUT2D eigenvalue weighted by Gasteiger charge is 2.21. The summed E-state index contributed by atoms with van der Waals surface area (Å²) in [5.74, 6) is -0.914. The van der Waals surface area contributed by atoms with E-state index in [4.69, 9.17) is 5.73 Å². The number of nitrogen functional groups attached to an aromatic ring is 1. The normalized spacial score (nSPS) is 11.1. The monoisotopic (exact) mass is 423 g/mol. The first-order chi connectivity index (χ1) is 14.3. The first kappa shape index (κ1) is 19.5. The maximum absolute atomic E-state index is 12.9. The Labute approximate surface area is 173 Å². The van der Waals surface area contributed by atoms with E-state index in [2.05, 4.69) is 4.98 Å². The minimum atomic E-state index is -0.801. The second kappa shape index (κ2) is 7.23. The van der Waals surface area contributed by atoms with Crippen molar-refractivity contribution in [2.75, 3.05) is 5.73 Å². The summed E-state index contributed by atoms with van der Waals surface area (Å²) >= 11 is 1.38. The molecule has 3 aromatic heterocycles. The maximum atomic E-state index is 12.9. The molecule has 0 atom stereocenters. The molecule has 0 fully saturated rings. The SMILES string of the molecule is Cn1c(N)c(C(=O)Cn2cnc3sc(-c4ccccc4)cc3c2=O)c(=O)n(C)c1=O. The number of ketones is 1. The highest BCUT2D eigenvalue weighted by atomic mass is 32.1. The van der Waals surface area contributed by atoms with Crippen molar-refractivity contribution in [2.45, 2.75) is 6.54 Å². The lowest BCUT2D eigenvalue weighted by atomic mass is 10.2. The molecule has 30 heavy (non-hydrogen) atoms. The van der Waals surface area contributed by atoms with Gasteiger partial charge in [0.25, 0.3) is 11.1 Å². The number of carbonyl (C=O) groups is 1. The molecule has 0 spiro atoms. The van der Waals surface area contributed by atoms with Crippen molar-refractivity contribution in [1.82, 2.24) is 18.7 Å². The molecule has 0 radical (unpaired) electrons. The minimum absolute atomic E-state index is 0.239. The number of fused-ring (bicyclic) bond motifs is 1. The number of thiophene rings is 1. The lowest BCUT2D eigenvalue weighted by Crippen LogP contribution is -2.42. The van der Waals surface area contributed by atoms with Crippen molar-refractivity contribution in [3.63, 3.8) is 0 Å². The fourth-order valence-corrected chi connectivity index (χ4v) is 4.17. The Bertz CT molecular complexity index is 1480. The summed E-state index contributed by atoms with van der Waals surface area (Å²) in [6.45, 7) is -0.421. The van der Waals surface area contributed by atoms with Crippen molar-refractivity contribution < 1.29 is 4.79 Å². The van der Waals surface area contributed by atoms with E-state index in [1.54, 1.807) is 6.07 Å². The number of rotatable bonds is 4. The number of aromatic nitrogens is 4. The van der Waals surface area contributed by atoms with Crippen LogP contribution in [0.5, 0.6) is 0 Å². The quantitative estimate of drug-likeness (QED) is 0.489. The van der Waals surface area contributed by atoms with Crippen LogP contribution in [0.2, 0.25) is 0 Å². The van der Waals surface area contributed by atoms with E-state index in [1.807, 2.05) is 30.3 Å². The van der Waals surface area contributed by atoms with Crippen LogP contribution in [0, 0.1) is 0 Å². The van der Waals surface area contributed by atoms with E-state index in [-0.39, 0.29) is 11.4 Å². The predicted octanol–water partition coefficient (Wildman–Crippen LogP) is 0.987. The summed E-state index contributed by atoms with van der Waals surface area (Å²) in [5, 5.41) is 0.385. The van der Waals surface area contributed by atoms with Crippen LogP contribution < -0.4 is 22.5 Å². The molecule has 9 nitrogen and oxygen atoms in total. The molecule has 152 valence electrons. The van der Waals surface area contributed by atoms with Gasteiger partial charge in [0.05, 0.1) is 18.3 Å². The van der Waals surface area contributed by atoms with Gasteiger partial charge >= 0.3 is 5.69 Å². The lowest BCUT2D eigenvalue weighted by molar-refractivity contribution is 0.0968. The van der Waals surface area contributed by atoms with Gasteiger partial charge < -0.3 is 5.73 Å². The highest BCUT2D eigenvalue weighted by Crippen LogP contribution is 2.30. The minimum Gasteiger partial charge on any atom is -0.384 e. The number of Topliss-reactive ketones (excluding diaryl/α,β-unsaturated/α-hetero) is 1. The van der Waals surface area contributed by atoms with Crippen molar-refractivity contribution in [2.24, 2.45) is 14.1 Å². The molecule has 0 aliphatic heterocycles. The van der Waals surface area contributed by atoms with Crippen LogP contribution >= 0.6 is 11.3 Å². The largest absolute Gasteiger partial charge is 0.384 e. The molecule has 0 unspecified atom stereocenters. The standard InChI is InChI=1S/C20H17N5O4S/c1-23-16(21)15(19(28)24(2)20(23)29)13(26)9-25-10-22-17-12(18(25)27)8-14(30-17)11-6-4-3-5-7-11/h3-8,10H,9,21H2,1-2H3. The second-order valence-electron chi connectivity index (χ2n) is 6.76. The summed E-state index contributed by atoms with van der Waals surface area (Å²) in [5.41, 5.74) is 4.63. The fourth-order valence-electron chi connectivity index (χ4n) is 3.17. The number of anilines is 1. The van der Waals surface area contributed by atoms with E-state index in [0.717, 1.165) is 24.1 Å². The van der Waals surface area contributed by atoms with Crippen molar-refractivity contribution in [1.29, 1.82) is 0 Å². The third-order valence-corrected chi connectivity index (χ3v) is 5.97. The Balaban J connectivity index is 1.76. The predicted molar refractivity (Wildman–Crippen MR) is 115 cm³/mol. The average Bonchev–Trinajstić information content (AvgIpc) is 3.19. The zero-order valence-corrected chi connectivity index (χ0v) is 17.0. The number of carbonyl (C=O) groups excluding carboxylic acids is 1. The summed E-state index contributed by atoms with van der Waals surface area (Å²) in [6.07, 6.45) is 1.27. The molecule has 0 aliphatic carbocycles. The van der Waals surface area contributed by atoms with Crippen LogP contribution in [0.25, 0.3) is 20.7 Å². The molecule has 3 heterocycles. The molecule has 4 rings (SSSR count). The Hall–Kier alpha value is -3.79. The third-order valence-electron chi connectivity index (χ3n) is 4.88. The average molecular weight is 423 g/mol. The van der Waals surface area contributed by atoms with Gasteiger partial charge in [0, 0.05) is 19.0 Å². The number of hydrogen-bond donors (Lipinski definition) is 1. The smallest absolute Gasteiger partial charge is 0.332 e. The molecule has 1 aromatic carbocycles. The molecule has 4 aromatic rings. The van der Waals surface area contributed by atoms with Crippen LogP contribution in [-0.4, -0.2) is 24.5 Å². The van der Waals surface area contributed by atoms with Gasteiger partial charge in [-0.1, -0.05) is 30.3 Å². The van der Waals surface area contributed by atoms with Gasteiger partial charge in [-0.2, -0.15) is 0 Å². The van der Waals surface area contributed by atoms with Crippen molar-refractivity contribution in [3.05, 3.63) is 79.5 Å². The zero-order chi connectivity index (χ0) is 21.6. The molecule has 0 saturated carbocycles. The molecule has 2 N–H and O–H groups in total. The van der Waals surface area contributed by atoms with Gasteiger partial charge in [-0.15, -0.1) is 11.3 Å². The first-order valence-electron chi connectivity index (χ1n) is 8.92. The van der Waals surface area contributed by atoms with Crippen LogP contribution in [0.15, 0.2) is 57.1 Å². The molecule has 0 bridgehead atoms. The van der Waals surface area contributed by atoms with Gasteiger partial charge in [0.15, 0.2) is 5.78 Å². The number of benzene rings is 1. The Kier molecular flexibility index (Phi) is 4.70. The molecular weight excluding hydrogens is 406 g/mol. The van der Waals surface area contributed by atoms with E-state index >= 15 is 0 Å². The molecule has 0 saturated heterocycles. The summed E-state index contributed by atoms with van der Waals surface area (Å²) < 4.78 is 2.96. The zero-order valence-electron chi connectivity index (χ0n) is 16.2. The van der Waals surface area contributed by atoms with Crippen LogP contribution in [0.3, 0.4) is 0 Å². The fraction of sp³-hybridized carbons (Fsp3) is 0.150. The second-order valence-corrected chi connectivity index (χ2v) is 7.79. The maximum Gasteiger partial charge on any atom is 0.332 e. The third kappa shape index (κ3) is 3.07. The topological polar surface area (TPSA) is 122 Å². The summed E-state index contributed by atoms with van der Waals surface area (Å²) in [4.78, 5) is 55.8. The molecule has 0 aliphatic rings. The van der Waals surface area contributed by atoms with E-state index < -0.39 is 29.1 Å². The van der Waals surface area contributed by atoms with Gasteiger partial charge in [-0.25, -0.2) is 9.78 Å². The molecule has 10 heteroatoms. The Morgan fingerprint density at radius 1 is 1.07 bits per heavy atom. The Morgan fingerprint density at radius 3 is 2.47 bits per heavy atom. The highest BCUT2D eigenvalue weighted by molar-refractivity contribution is 7.21. The number of nitrogens with zero attached hydrogens (tertiary/aromatic N) is 4. The molecular formula is C20H17N5O4S. The summed E-state index contributed by atoms with van der Waals surface area (Å²) in [6, 6.07) is 11.3. The van der Waals surface area contributed by atoms with Gasteiger partial charge in [-0.3, -0.25) is 28.1 Å². The number of hydrogen-bond acceptors (Lipinski definition) is 7. The Morgan fingerprint density at radius 2 is 1.77 bits per heavy atom. The van der Waals surface area contributed by atoms with E-state index in [1.165, 1.54) is 31.8 Å². The van der Waals surface area contributed by atoms with E-state index in [9.17, 15) is 19.2 Å². The first-order valence-corrected chi connectivity index (χ1v) is 9.74. The number of nitrogens with two attached hydrogens (primary N) is 1. The van der Waals surface area contributed by atoms with E-state index in [0.29, 0.717) is 10.2 Å². The van der Waals surface area contributed by atoms with Crippen LogP contribution in [0.4, 0.5) is 5.82 Å².